The fraction of sp³-hybridized carbons (Fsp3) is 0.538. The van der Waals surface area contributed by atoms with Gasteiger partial charge in [-0.2, -0.15) is 0 Å². The summed E-state index contributed by atoms with van der Waals surface area (Å²) < 4.78 is 40.6. The van der Waals surface area contributed by atoms with Crippen LogP contribution in [0.15, 0.2) is 24.3 Å². The molecule has 1 aromatic rings. The number of hydrogen-bond acceptors (Lipinski definition) is 3. The maximum atomic E-state index is 12.2. The molecule has 0 amide bonds. The normalized spacial score (nSPS) is 11.9. The third-order valence-electron chi connectivity index (χ3n) is 2.72. The summed E-state index contributed by atoms with van der Waals surface area (Å²) in [5.74, 6) is -0.147. The first-order chi connectivity index (χ1) is 8.92. The van der Waals surface area contributed by atoms with Crippen molar-refractivity contribution in [2.24, 2.45) is 0 Å². The molecule has 0 aliphatic rings. The number of benzene rings is 1. The summed E-state index contributed by atoms with van der Waals surface area (Å²) in [4.78, 5) is 2.12. The Morgan fingerprint density at radius 1 is 1.26 bits per heavy atom. The molecular weight excluding hydrogens is 257 g/mol. The molecule has 6 heteroatoms. The van der Waals surface area contributed by atoms with Crippen molar-refractivity contribution < 1.29 is 17.9 Å². The Morgan fingerprint density at radius 2 is 1.95 bits per heavy atom. The molecule has 0 unspecified atom stereocenters. The Bertz CT molecular complexity index is 382. The van der Waals surface area contributed by atoms with Gasteiger partial charge in [-0.3, -0.25) is 0 Å². The van der Waals surface area contributed by atoms with E-state index in [1.165, 1.54) is 12.1 Å². The molecular formula is C13H19F3N2O. The number of nitrogens with one attached hydrogen (secondary N) is 1. The highest BCUT2D eigenvalue weighted by atomic mass is 19.4. The summed E-state index contributed by atoms with van der Waals surface area (Å²) in [6.07, 6.45) is -4.65. The molecule has 0 heterocycles. The average molecular weight is 276 g/mol. The highest BCUT2D eigenvalue weighted by Crippen LogP contribution is 2.25. The summed E-state index contributed by atoms with van der Waals surface area (Å²) in [6, 6.07) is 6.16. The molecule has 0 atom stereocenters. The van der Waals surface area contributed by atoms with Crippen molar-refractivity contribution in [2.75, 3.05) is 26.7 Å². The third kappa shape index (κ3) is 6.45. The second-order valence-corrected chi connectivity index (χ2v) is 4.23. The number of alkyl halides is 3. The Hall–Kier alpha value is -1.27. The van der Waals surface area contributed by atoms with Gasteiger partial charge in [0.15, 0.2) is 0 Å². The van der Waals surface area contributed by atoms with Crippen LogP contribution in [0.1, 0.15) is 12.5 Å². The van der Waals surface area contributed by atoms with Crippen LogP contribution in [0.2, 0.25) is 0 Å². The minimum absolute atomic E-state index is 0.147. The van der Waals surface area contributed by atoms with Crippen molar-refractivity contribution in [1.29, 1.82) is 0 Å². The summed E-state index contributed by atoms with van der Waals surface area (Å²) in [6.45, 7) is 4.90. The first kappa shape index (κ1) is 15.8. The Morgan fingerprint density at radius 3 is 2.58 bits per heavy atom. The third-order valence-corrected chi connectivity index (χ3v) is 2.72. The zero-order valence-electron chi connectivity index (χ0n) is 11.1. The van der Waals surface area contributed by atoms with E-state index in [0.29, 0.717) is 18.7 Å². The lowest BCUT2D eigenvalue weighted by Gasteiger charge is -2.16. The van der Waals surface area contributed by atoms with Crippen molar-refractivity contribution in [3.8, 4) is 5.75 Å². The van der Waals surface area contributed by atoms with Crippen molar-refractivity contribution >= 4 is 0 Å². The van der Waals surface area contributed by atoms with E-state index in [4.69, 9.17) is 0 Å². The molecule has 0 saturated heterocycles. The van der Waals surface area contributed by atoms with Gasteiger partial charge < -0.3 is 15.0 Å². The van der Waals surface area contributed by atoms with Gasteiger partial charge in [-0.1, -0.05) is 25.1 Å². The molecule has 0 saturated carbocycles. The van der Waals surface area contributed by atoms with Gasteiger partial charge >= 0.3 is 6.36 Å². The largest absolute Gasteiger partial charge is 0.573 e. The number of nitrogens with zero attached hydrogens (tertiary/aromatic N) is 1. The first-order valence-electron chi connectivity index (χ1n) is 6.15. The zero-order valence-corrected chi connectivity index (χ0v) is 11.1. The molecule has 0 bridgehead atoms. The van der Waals surface area contributed by atoms with Crippen LogP contribution in [0.25, 0.3) is 0 Å². The fourth-order valence-electron chi connectivity index (χ4n) is 1.53. The van der Waals surface area contributed by atoms with Crippen molar-refractivity contribution in [3.63, 3.8) is 0 Å². The molecule has 1 aromatic carbocycles. The minimum atomic E-state index is -4.65. The standard InChI is InChI=1S/C13H19F3N2O/c1-3-18(2)9-8-17-10-11-6-4-5-7-12(11)19-13(14,15)16/h4-7,17H,3,8-10H2,1-2H3. The van der Waals surface area contributed by atoms with Gasteiger partial charge in [0.2, 0.25) is 0 Å². The van der Waals surface area contributed by atoms with E-state index in [1.54, 1.807) is 12.1 Å². The van der Waals surface area contributed by atoms with Crippen LogP contribution in [0.5, 0.6) is 5.75 Å². The lowest BCUT2D eigenvalue weighted by Crippen LogP contribution is -2.29. The molecule has 108 valence electrons. The maximum absolute atomic E-state index is 12.2. The van der Waals surface area contributed by atoms with Crippen molar-refractivity contribution in [2.45, 2.75) is 19.8 Å². The second kappa shape index (κ2) is 7.35. The predicted molar refractivity (Wildman–Crippen MR) is 68.0 cm³/mol. The molecule has 0 aromatic heterocycles. The van der Waals surface area contributed by atoms with Crippen LogP contribution in [0, 0.1) is 0 Å². The van der Waals surface area contributed by atoms with Gasteiger partial charge in [0.1, 0.15) is 5.75 Å². The van der Waals surface area contributed by atoms with Gasteiger partial charge in [-0.25, -0.2) is 0 Å². The van der Waals surface area contributed by atoms with Gasteiger partial charge in [0.25, 0.3) is 0 Å². The molecule has 1 N–H and O–H groups in total. The highest BCUT2D eigenvalue weighted by molar-refractivity contribution is 5.33. The van der Waals surface area contributed by atoms with E-state index < -0.39 is 6.36 Å². The number of ether oxygens (including phenoxy) is 1. The maximum Gasteiger partial charge on any atom is 0.573 e. The number of rotatable bonds is 7. The van der Waals surface area contributed by atoms with Crippen LogP contribution in [-0.2, 0) is 6.54 Å². The average Bonchev–Trinajstić information content (AvgIpc) is 2.34. The lowest BCUT2D eigenvalue weighted by atomic mass is 10.2. The minimum Gasteiger partial charge on any atom is -0.405 e. The molecule has 3 nitrogen and oxygen atoms in total. The monoisotopic (exact) mass is 276 g/mol. The van der Waals surface area contributed by atoms with Gasteiger partial charge in [-0.15, -0.1) is 13.2 Å². The Balaban J connectivity index is 2.49. The second-order valence-electron chi connectivity index (χ2n) is 4.23. The van der Waals surface area contributed by atoms with E-state index in [-0.39, 0.29) is 5.75 Å². The fourth-order valence-corrected chi connectivity index (χ4v) is 1.53. The van der Waals surface area contributed by atoms with E-state index in [9.17, 15) is 13.2 Å². The van der Waals surface area contributed by atoms with Gasteiger partial charge in [0.05, 0.1) is 0 Å². The molecule has 19 heavy (non-hydrogen) atoms. The summed E-state index contributed by atoms with van der Waals surface area (Å²) in [5, 5.41) is 3.10. The van der Waals surface area contributed by atoms with Gasteiger partial charge in [0, 0.05) is 25.2 Å². The van der Waals surface area contributed by atoms with E-state index in [2.05, 4.69) is 15.0 Å². The zero-order chi connectivity index (χ0) is 14.3. The predicted octanol–water partition coefficient (Wildman–Crippen LogP) is 2.63. The topological polar surface area (TPSA) is 24.5 Å². The van der Waals surface area contributed by atoms with Gasteiger partial charge in [-0.05, 0) is 19.7 Å². The van der Waals surface area contributed by atoms with Crippen molar-refractivity contribution in [1.82, 2.24) is 10.2 Å². The Kier molecular flexibility index (Phi) is 6.11. The molecule has 0 spiro atoms. The van der Waals surface area contributed by atoms with Crippen LogP contribution in [0.3, 0.4) is 0 Å². The number of para-hydroxylation sites is 1. The van der Waals surface area contributed by atoms with Crippen LogP contribution in [0.4, 0.5) is 13.2 Å². The number of hydrogen-bond donors (Lipinski definition) is 1. The van der Waals surface area contributed by atoms with E-state index in [0.717, 1.165) is 13.1 Å². The molecule has 0 aliphatic heterocycles. The van der Waals surface area contributed by atoms with Crippen LogP contribution < -0.4 is 10.1 Å². The molecule has 0 radical (unpaired) electrons. The highest BCUT2D eigenvalue weighted by Gasteiger charge is 2.31. The van der Waals surface area contributed by atoms with Crippen LogP contribution in [-0.4, -0.2) is 37.9 Å². The summed E-state index contributed by atoms with van der Waals surface area (Å²) in [5.41, 5.74) is 0.499. The molecule has 1 rings (SSSR count). The van der Waals surface area contributed by atoms with E-state index in [1.807, 2.05) is 14.0 Å². The number of halogens is 3. The van der Waals surface area contributed by atoms with Crippen molar-refractivity contribution in [3.05, 3.63) is 29.8 Å². The molecule has 0 fully saturated rings. The lowest BCUT2D eigenvalue weighted by molar-refractivity contribution is -0.274. The Labute approximate surface area is 111 Å². The summed E-state index contributed by atoms with van der Waals surface area (Å²) >= 11 is 0. The molecule has 0 aliphatic carbocycles. The summed E-state index contributed by atoms with van der Waals surface area (Å²) in [7, 11) is 1.99. The SMILES string of the molecule is CCN(C)CCNCc1ccccc1OC(F)(F)F. The van der Waals surface area contributed by atoms with E-state index >= 15 is 0 Å². The smallest absolute Gasteiger partial charge is 0.405 e. The number of likely N-dealkylation sites (N-methyl/N-ethyl adjacent to an activating group) is 1. The quantitative estimate of drug-likeness (QED) is 0.775. The van der Waals surface area contributed by atoms with Crippen LogP contribution >= 0.6 is 0 Å². The first-order valence-corrected chi connectivity index (χ1v) is 6.15.